The molecule has 9 heteroatoms. The highest BCUT2D eigenvalue weighted by Crippen LogP contribution is 2.36. The highest BCUT2D eigenvalue weighted by atomic mass is 35.5. The molecule has 0 spiro atoms. The van der Waals surface area contributed by atoms with Gasteiger partial charge in [0.2, 0.25) is 11.8 Å². The molecule has 0 saturated carbocycles. The van der Waals surface area contributed by atoms with Gasteiger partial charge in [-0.05, 0) is 38.5 Å². The summed E-state index contributed by atoms with van der Waals surface area (Å²) in [6, 6.07) is 2.64. The molecule has 1 saturated heterocycles. The average Bonchev–Trinajstić information content (AvgIpc) is 2.44. The lowest BCUT2D eigenvalue weighted by atomic mass is 9.92. The summed E-state index contributed by atoms with van der Waals surface area (Å²) in [6.07, 6.45) is -4.90. The van der Waals surface area contributed by atoms with E-state index in [4.69, 9.17) is 11.6 Å². The van der Waals surface area contributed by atoms with E-state index in [1.807, 2.05) is 0 Å². The summed E-state index contributed by atoms with van der Waals surface area (Å²) in [4.78, 5) is 24.0. The van der Waals surface area contributed by atoms with E-state index in [-0.39, 0.29) is 18.5 Å². The number of nitrogens with one attached hydrogen (secondary N) is 3. The van der Waals surface area contributed by atoms with Gasteiger partial charge in [0.05, 0.1) is 34.8 Å². The van der Waals surface area contributed by atoms with E-state index < -0.39 is 34.3 Å². The number of rotatable bonds is 3. The molecule has 0 radical (unpaired) electrons. The minimum atomic E-state index is -4.54. The second-order valence-electron chi connectivity index (χ2n) is 6.52. The molecule has 5 nitrogen and oxygen atoms in total. The average molecular weight is 378 g/mol. The summed E-state index contributed by atoms with van der Waals surface area (Å²) in [5, 5.41) is 7.89. The van der Waals surface area contributed by atoms with Gasteiger partial charge in [-0.15, -0.1) is 0 Å². The first-order valence-corrected chi connectivity index (χ1v) is 8.02. The second-order valence-corrected chi connectivity index (χ2v) is 6.93. The summed E-state index contributed by atoms with van der Waals surface area (Å²) in [5.41, 5.74) is -1.48. The van der Waals surface area contributed by atoms with E-state index in [0.717, 1.165) is 6.07 Å². The molecule has 1 aromatic carbocycles. The van der Waals surface area contributed by atoms with Crippen molar-refractivity contribution in [3.05, 3.63) is 34.3 Å². The number of hydrogen-bond donors (Lipinski definition) is 3. The lowest BCUT2D eigenvalue weighted by molar-refractivity contribution is -0.137. The molecular formula is C16H19ClF3N3O2. The van der Waals surface area contributed by atoms with E-state index in [1.54, 1.807) is 20.8 Å². The van der Waals surface area contributed by atoms with Gasteiger partial charge in [-0.3, -0.25) is 14.9 Å². The van der Waals surface area contributed by atoms with Crippen molar-refractivity contribution >= 4 is 23.4 Å². The lowest BCUT2D eigenvalue weighted by Crippen LogP contribution is -2.61. The van der Waals surface area contributed by atoms with Gasteiger partial charge in [-0.2, -0.15) is 13.2 Å². The van der Waals surface area contributed by atoms with Crippen molar-refractivity contribution in [3.8, 4) is 0 Å². The number of benzene rings is 1. The lowest BCUT2D eigenvalue weighted by Gasteiger charge is -2.33. The van der Waals surface area contributed by atoms with Crippen LogP contribution in [0.25, 0.3) is 0 Å². The van der Waals surface area contributed by atoms with Gasteiger partial charge in [0, 0.05) is 0 Å². The van der Waals surface area contributed by atoms with Crippen LogP contribution < -0.4 is 16.0 Å². The number of amides is 2. The first-order chi connectivity index (χ1) is 11.4. The highest BCUT2D eigenvalue weighted by molar-refractivity contribution is 6.31. The number of carbonyl (C=O) groups is 2. The Morgan fingerprint density at radius 3 is 2.48 bits per heavy atom. The van der Waals surface area contributed by atoms with E-state index in [1.165, 1.54) is 12.1 Å². The Hall–Kier alpha value is -1.80. The fourth-order valence-electron chi connectivity index (χ4n) is 2.66. The number of carbonyl (C=O) groups excluding carboxylic acids is 2. The summed E-state index contributed by atoms with van der Waals surface area (Å²) < 4.78 is 38.4. The molecule has 1 aliphatic rings. The summed E-state index contributed by atoms with van der Waals surface area (Å²) in [6.45, 7) is 5.00. The minimum absolute atomic E-state index is 0.0139. The standard InChI is InChI=1S/C16H19ClF3N3O2/c1-8-21-12(7-13(24)22-8)14(25)23-15(2,3)9-4-5-10(11(17)6-9)16(18,19)20/h4-6,8,12,21H,7H2,1-3H3,(H,22,24)(H,23,25). The van der Waals surface area contributed by atoms with Gasteiger partial charge >= 0.3 is 6.18 Å². The molecule has 0 bridgehead atoms. The van der Waals surface area contributed by atoms with Gasteiger partial charge in [0.1, 0.15) is 0 Å². The van der Waals surface area contributed by atoms with Crippen LogP contribution in [0.2, 0.25) is 5.02 Å². The van der Waals surface area contributed by atoms with Crippen LogP contribution in [0.3, 0.4) is 0 Å². The Balaban J connectivity index is 2.17. The molecule has 2 rings (SSSR count). The van der Waals surface area contributed by atoms with E-state index >= 15 is 0 Å². The molecule has 1 fully saturated rings. The summed E-state index contributed by atoms with van der Waals surface area (Å²) in [5.74, 6) is -0.662. The van der Waals surface area contributed by atoms with Crippen molar-refractivity contribution in [1.29, 1.82) is 0 Å². The fourth-order valence-corrected chi connectivity index (χ4v) is 2.95. The predicted octanol–water partition coefficient (Wildman–Crippen LogP) is 2.53. The molecule has 1 heterocycles. The summed E-state index contributed by atoms with van der Waals surface area (Å²) in [7, 11) is 0. The van der Waals surface area contributed by atoms with Gasteiger partial charge in [0.15, 0.2) is 0 Å². The number of alkyl halides is 3. The monoisotopic (exact) mass is 377 g/mol. The maximum atomic E-state index is 12.8. The maximum Gasteiger partial charge on any atom is 0.417 e. The minimum Gasteiger partial charge on any atom is -0.346 e. The van der Waals surface area contributed by atoms with Crippen molar-refractivity contribution in [2.75, 3.05) is 0 Å². The molecule has 0 aromatic heterocycles. The topological polar surface area (TPSA) is 70.2 Å². The second kappa shape index (κ2) is 6.84. The van der Waals surface area contributed by atoms with Crippen LogP contribution in [0.4, 0.5) is 13.2 Å². The molecule has 25 heavy (non-hydrogen) atoms. The molecule has 0 aliphatic carbocycles. The molecule has 2 atom stereocenters. The Morgan fingerprint density at radius 2 is 1.96 bits per heavy atom. The zero-order chi connectivity index (χ0) is 19.0. The van der Waals surface area contributed by atoms with Crippen molar-refractivity contribution in [1.82, 2.24) is 16.0 Å². The van der Waals surface area contributed by atoms with Gasteiger partial charge in [0.25, 0.3) is 0 Å². The van der Waals surface area contributed by atoms with Crippen molar-refractivity contribution < 1.29 is 22.8 Å². The highest BCUT2D eigenvalue weighted by Gasteiger charge is 2.35. The zero-order valence-electron chi connectivity index (χ0n) is 13.9. The van der Waals surface area contributed by atoms with Gasteiger partial charge in [-0.1, -0.05) is 17.7 Å². The third-order valence-electron chi connectivity index (χ3n) is 3.97. The van der Waals surface area contributed by atoms with Gasteiger partial charge < -0.3 is 10.6 Å². The van der Waals surface area contributed by atoms with E-state index in [9.17, 15) is 22.8 Å². The van der Waals surface area contributed by atoms with Crippen LogP contribution in [-0.4, -0.2) is 24.0 Å². The van der Waals surface area contributed by atoms with E-state index in [2.05, 4.69) is 16.0 Å². The van der Waals surface area contributed by atoms with Crippen molar-refractivity contribution in [2.45, 2.75) is 51.1 Å². The van der Waals surface area contributed by atoms with Crippen LogP contribution in [0.15, 0.2) is 18.2 Å². The van der Waals surface area contributed by atoms with Crippen LogP contribution in [-0.2, 0) is 21.3 Å². The molecule has 1 aromatic rings. The molecule has 1 aliphatic heterocycles. The van der Waals surface area contributed by atoms with Crippen molar-refractivity contribution in [3.63, 3.8) is 0 Å². The third-order valence-corrected chi connectivity index (χ3v) is 4.28. The third kappa shape index (κ3) is 4.64. The van der Waals surface area contributed by atoms with Crippen LogP contribution in [0.1, 0.15) is 38.3 Å². The predicted molar refractivity (Wildman–Crippen MR) is 86.8 cm³/mol. The molecule has 138 valence electrons. The molecule has 2 amide bonds. The van der Waals surface area contributed by atoms with Crippen molar-refractivity contribution in [2.24, 2.45) is 0 Å². The molecule has 2 unspecified atom stereocenters. The van der Waals surface area contributed by atoms with Crippen LogP contribution in [0, 0.1) is 0 Å². The first kappa shape index (κ1) is 19.5. The summed E-state index contributed by atoms with van der Waals surface area (Å²) >= 11 is 5.75. The largest absolute Gasteiger partial charge is 0.417 e. The van der Waals surface area contributed by atoms with Crippen LogP contribution >= 0.6 is 11.6 Å². The number of halogens is 4. The Morgan fingerprint density at radius 1 is 1.32 bits per heavy atom. The van der Waals surface area contributed by atoms with Crippen LogP contribution in [0.5, 0.6) is 0 Å². The first-order valence-electron chi connectivity index (χ1n) is 7.65. The van der Waals surface area contributed by atoms with E-state index in [0.29, 0.717) is 5.56 Å². The molecular weight excluding hydrogens is 359 g/mol. The fraction of sp³-hybridized carbons (Fsp3) is 0.500. The smallest absolute Gasteiger partial charge is 0.346 e. The SMILES string of the molecule is CC1NC(=O)CC(C(=O)NC(C)(C)c2ccc(C(F)(F)F)c(Cl)c2)N1. The number of hydrogen-bond acceptors (Lipinski definition) is 3. The zero-order valence-corrected chi connectivity index (χ0v) is 14.7. The Labute approximate surface area is 148 Å². The molecule has 3 N–H and O–H groups in total. The quantitative estimate of drug-likeness (QED) is 0.758. The Bertz CT molecular complexity index is 692. The maximum absolute atomic E-state index is 12.8. The van der Waals surface area contributed by atoms with Gasteiger partial charge in [-0.25, -0.2) is 0 Å². The normalized spacial score (nSPS) is 21.6. The Kier molecular flexibility index (Phi) is 5.34.